The van der Waals surface area contributed by atoms with Crippen LogP contribution in [0.2, 0.25) is 0 Å². The first-order chi connectivity index (χ1) is 5.40. The van der Waals surface area contributed by atoms with Crippen LogP contribution in [0, 0.1) is 5.92 Å². The van der Waals surface area contributed by atoms with Gasteiger partial charge < -0.3 is 10.5 Å². The van der Waals surface area contributed by atoms with E-state index in [2.05, 4.69) is 0 Å². The van der Waals surface area contributed by atoms with E-state index in [9.17, 15) is 4.79 Å². The van der Waals surface area contributed by atoms with Crippen molar-refractivity contribution >= 4 is 5.97 Å². The van der Waals surface area contributed by atoms with Gasteiger partial charge in [-0.05, 0) is 19.3 Å². The van der Waals surface area contributed by atoms with Gasteiger partial charge in [0.2, 0.25) is 0 Å². The third-order valence-electron chi connectivity index (χ3n) is 1.75. The minimum Gasteiger partial charge on any atom is -0.464 e. The largest absolute Gasteiger partial charge is 0.464 e. The Morgan fingerprint density at radius 3 is 2.42 bits per heavy atom. The van der Waals surface area contributed by atoms with Crippen LogP contribution in [-0.4, -0.2) is 18.1 Å². The molecule has 0 spiro atoms. The fraction of sp³-hybridized carbons (Fsp3) is 0.889. The van der Waals surface area contributed by atoms with Gasteiger partial charge in [0, 0.05) is 0 Å². The maximum atomic E-state index is 11.3. The summed E-state index contributed by atoms with van der Waals surface area (Å²) in [5, 5.41) is 0. The van der Waals surface area contributed by atoms with Gasteiger partial charge in [0.25, 0.3) is 0 Å². The molecule has 0 saturated carbocycles. The molecule has 0 heterocycles. The molecule has 0 aliphatic rings. The van der Waals surface area contributed by atoms with Crippen molar-refractivity contribution in [3.63, 3.8) is 0 Å². The lowest BCUT2D eigenvalue weighted by atomic mass is 10.0. The maximum Gasteiger partial charge on any atom is 0.325 e. The van der Waals surface area contributed by atoms with Crippen LogP contribution in [0.5, 0.6) is 0 Å². The average Bonchev–Trinajstić information content (AvgIpc) is 2.00. The number of hydrogen-bond donors (Lipinski definition) is 1. The molecule has 0 bridgehead atoms. The Kier molecular flexibility index (Phi) is 4.24. The van der Waals surface area contributed by atoms with Gasteiger partial charge in [-0.25, -0.2) is 0 Å². The maximum absolute atomic E-state index is 11.3. The number of carbonyl (C=O) groups excluding carboxylic acids is 1. The normalized spacial score (nSPS) is 15.8. The highest BCUT2D eigenvalue weighted by atomic mass is 16.5. The Morgan fingerprint density at radius 1 is 1.58 bits per heavy atom. The van der Waals surface area contributed by atoms with Crippen molar-refractivity contribution < 1.29 is 9.53 Å². The van der Waals surface area contributed by atoms with E-state index < -0.39 is 5.54 Å². The van der Waals surface area contributed by atoms with Gasteiger partial charge in [0.15, 0.2) is 0 Å². The van der Waals surface area contributed by atoms with Gasteiger partial charge in [-0.15, -0.1) is 0 Å². The third-order valence-corrected chi connectivity index (χ3v) is 1.75. The summed E-state index contributed by atoms with van der Waals surface area (Å²) in [6, 6.07) is 0. The summed E-state index contributed by atoms with van der Waals surface area (Å²) < 4.78 is 5.00. The summed E-state index contributed by atoms with van der Waals surface area (Å²) in [5.41, 5.74) is 4.85. The number of esters is 1. The summed E-state index contributed by atoms with van der Waals surface area (Å²) in [6.07, 6.45) is 0.601. The van der Waals surface area contributed by atoms with E-state index in [0.717, 1.165) is 0 Å². The SMILES string of the molecule is CCC(C)(N)C(=O)OCC(C)C. The lowest BCUT2D eigenvalue weighted by molar-refractivity contribution is -0.150. The topological polar surface area (TPSA) is 52.3 Å². The molecule has 1 atom stereocenters. The molecule has 12 heavy (non-hydrogen) atoms. The zero-order valence-corrected chi connectivity index (χ0v) is 8.39. The Labute approximate surface area is 74.3 Å². The van der Waals surface area contributed by atoms with E-state index in [1.165, 1.54) is 0 Å². The monoisotopic (exact) mass is 173 g/mol. The van der Waals surface area contributed by atoms with E-state index in [4.69, 9.17) is 10.5 Å². The summed E-state index contributed by atoms with van der Waals surface area (Å²) >= 11 is 0. The molecular formula is C9H19NO2. The molecule has 0 aromatic rings. The molecule has 72 valence electrons. The number of nitrogens with two attached hydrogens (primary N) is 1. The number of ether oxygens (including phenoxy) is 1. The van der Waals surface area contributed by atoms with Crippen molar-refractivity contribution in [2.45, 2.75) is 39.7 Å². The van der Waals surface area contributed by atoms with Gasteiger partial charge in [0.1, 0.15) is 5.54 Å². The third kappa shape index (κ3) is 3.72. The molecule has 0 rings (SSSR count). The van der Waals surface area contributed by atoms with Crippen LogP contribution in [-0.2, 0) is 9.53 Å². The lowest BCUT2D eigenvalue weighted by Gasteiger charge is -2.20. The first kappa shape index (κ1) is 11.4. The highest BCUT2D eigenvalue weighted by molar-refractivity contribution is 5.79. The quantitative estimate of drug-likeness (QED) is 0.652. The van der Waals surface area contributed by atoms with Crippen LogP contribution in [0.3, 0.4) is 0 Å². The van der Waals surface area contributed by atoms with Crippen molar-refractivity contribution in [2.75, 3.05) is 6.61 Å². The zero-order chi connectivity index (χ0) is 9.78. The molecule has 0 aliphatic carbocycles. The Balaban J connectivity index is 3.88. The Bertz CT molecular complexity index is 153. The van der Waals surface area contributed by atoms with Gasteiger partial charge in [-0.1, -0.05) is 20.8 Å². The minimum absolute atomic E-state index is 0.307. The average molecular weight is 173 g/mol. The van der Waals surface area contributed by atoms with E-state index in [1.54, 1.807) is 6.92 Å². The van der Waals surface area contributed by atoms with Crippen LogP contribution in [0.1, 0.15) is 34.1 Å². The number of carbonyl (C=O) groups is 1. The summed E-state index contributed by atoms with van der Waals surface area (Å²) in [7, 11) is 0. The number of rotatable bonds is 4. The van der Waals surface area contributed by atoms with Crippen molar-refractivity contribution in [2.24, 2.45) is 11.7 Å². The molecule has 3 nitrogen and oxygen atoms in total. The van der Waals surface area contributed by atoms with Gasteiger partial charge in [-0.2, -0.15) is 0 Å². The fourth-order valence-corrected chi connectivity index (χ4v) is 0.552. The predicted molar refractivity (Wildman–Crippen MR) is 48.7 cm³/mol. The Morgan fingerprint density at radius 2 is 2.08 bits per heavy atom. The second-order valence-corrected chi connectivity index (χ2v) is 3.76. The molecular weight excluding hydrogens is 154 g/mol. The highest BCUT2D eigenvalue weighted by Gasteiger charge is 2.27. The van der Waals surface area contributed by atoms with Crippen molar-refractivity contribution in [3.05, 3.63) is 0 Å². The van der Waals surface area contributed by atoms with Crippen molar-refractivity contribution in [3.8, 4) is 0 Å². The summed E-state index contributed by atoms with van der Waals surface area (Å²) in [4.78, 5) is 11.3. The van der Waals surface area contributed by atoms with E-state index in [1.807, 2.05) is 20.8 Å². The molecule has 1 unspecified atom stereocenters. The number of hydrogen-bond acceptors (Lipinski definition) is 3. The first-order valence-corrected chi connectivity index (χ1v) is 4.36. The molecule has 0 radical (unpaired) electrons. The van der Waals surface area contributed by atoms with Gasteiger partial charge >= 0.3 is 5.97 Å². The fourth-order valence-electron chi connectivity index (χ4n) is 0.552. The highest BCUT2D eigenvalue weighted by Crippen LogP contribution is 2.08. The smallest absolute Gasteiger partial charge is 0.325 e. The van der Waals surface area contributed by atoms with Crippen molar-refractivity contribution in [1.82, 2.24) is 0 Å². The predicted octanol–water partition coefficient (Wildman–Crippen LogP) is 1.31. The van der Waals surface area contributed by atoms with E-state index >= 15 is 0 Å². The molecule has 0 aliphatic heterocycles. The second-order valence-electron chi connectivity index (χ2n) is 3.76. The molecule has 0 amide bonds. The van der Waals surface area contributed by atoms with E-state index in [0.29, 0.717) is 18.9 Å². The first-order valence-electron chi connectivity index (χ1n) is 4.36. The van der Waals surface area contributed by atoms with Crippen molar-refractivity contribution in [1.29, 1.82) is 0 Å². The molecule has 0 aromatic heterocycles. The van der Waals surface area contributed by atoms with Crippen LogP contribution < -0.4 is 5.73 Å². The summed E-state index contributed by atoms with van der Waals surface area (Å²) in [5.74, 6) is 0.0558. The van der Waals surface area contributed by atoms with Crippen LogP contribution in [0.15, 0.2) is 0 Å². The second kappa shape index (κ2) is 4.45. The van der Waals surface area contributed by atoms with Gasteiger partial charge in [-0.3, -0.25) is 4.79 Å². The van der Waals surface area contributed by atoms with Crippen LogP contribution >= 0.6 is 0 Å². The van der Waals surface area contributed by atoms with Crippen LogP contribution in [0.25, 0.3) is 0 Å². The minimum atomic E-state index is -0.825. The van der Waals surface area contributed by atoms with Gasteiger partial charge in [0.05, 0.1) is 6.61 Å². The standard InChI is InChI=1S/C9H19NO2/c1-5-9(4,10)8(11)12-6-7(2)3/h7H,5-6,10H2,1-4H3. The van der Waals surface area contributed by atoms with Crippen LogP contribution in [0.4, 0.5) is 0 Å². The lowest BCUT2D eigenvalue weighted by Crippen LogP contribution is -2.45. The summed E-state index contributed by atoms with van der Waals surface area (Å²) in [6.45, 7) is 8.00. The molecule has 0 fully saturated rings. The molecule has 0 aromatic carbocycles. The van der Waals surface area contributed by atoms with E-state index in [-0.39, 0.29) is 5.97 Å². The Hall–Kier alpha value is -0.570. The zero-order valence-electron chi connectivity index (χ0n) is 8.39. The molecule has 3 heteroatoms. The molecule has 0 saturated heterocycles. The molecule has 2 N–H and O–H groups in total.